The topological polar surface area (TPSA) is 120 Å². The molecule has 0 bridgehead atoms. The molecule has 1 aliphatic carbocycles. The van der Waals surface area contributed by atoms with Crippen molar-refractivity contribution in [2.45, 2.75) is 24.9 Å². The number of hydrogen-bond acceptors (Lipinski definition) is 6. The first-order valence-electron chi connectivity index (χ1n) is 6.21. The van der Waals surface area contributed by atoms with Crippen molar-refractivity contribution in [3.63, 3.8) is 0 Å². The van der Waals surface area contributed by atoms with Gasteiger partial charge in [-0.1, -0.05) is 0 Å². The van der Waals surface area contributed by atoms with Crippen molar-refractivity contribution in [1.29, 1.82) is 0 Å². The molecule has 0 unspecified atom stereocenters. The molecule has 108 valence electrons. The largest absolute Gasteiger partial charge is 0.383 e. The van der Waals surface area contributed by atoms with Gasteiger partial charge in [0.25, 0.3) is 11.6 Å². The smallest absolute Gasteiger partial charge is 0.288 e. The van der Waals surface area contributed by atoms with Crippen LogP contribution in [0, 0.1) is 10.1 Å². The van der Waals surface area contributed by atoms with E-state index >= 15 is 0 Å². The molecule has 1 amide bonds. The van der Waals surface area contributed by atoms with Gasteiger partial charge in [-0.05, 0) is 19.3 Å². The van der Waals surface area contributed by atoms with Gasteiger partial charge in [0.05, 0.1) is 16.1 Å². The third-order valence-electron chi connectivity index (χ3n) is 3.63. The van der Waals surface area contributed by atoms with Crippen LogP contribution >= 0.6 is 0 Å². The van der Waals surface area contributed by atoms with Crippen LogP contribution in [0.2, 0.25) is 0 Å². The Hall–Kier alpha value is -2.22. The van der Waals surface area contributed by atoms with Crippen LogP contribution in [0.3, 0.4) is 0 Å². The minimum atomic E-state index is -0.619. The Morgan fingerprint density at radius 2 is 2.35 bits per heavy atom. The van der Waals surface area contributed by atoms with E-state index in [0.29, 0.717) is 6.54 Å². The molecule has 0 aromatic carbocycles. The predicted molar refractivity (Wildman–Crippen MR) is 71.2 cm³/mol. The predicted octanol–water partition coefficient (Wildman–Crippen LogP) is 0.871. The molecule has 0 saturated heterocycles. The first-order chi connectivity index (χ1) is 9.47. The van der Waals surface area contributed by atoms with Crippen molar-refractivity contribution in [2.24, 2.45) is 0 Å². The van der Waals surface area contributed by atoms with Gasteiger partial charge >= 0.3 is 0 Å². The second-order valence-corrected chi connectivity index (χ2v) is 4.81. The van der Waals surface area contributed by atoms with E-state index in [0.717, 1.165) is 31.5 Å². The van der Waals surface area contributed by atoms with Crippen molar-refractivity contribution in [1.82, 2.24) is 10.3 Å². The monoisotopic (exact) mass is 280 g/mol. The molecule has 0 aliphatic heterocycles. The summed E-state index contributed by atoms with van der Waals surface area (Å²) in [6.45, 7) is 0.352. The summed E-state index contributed by atoms with van der Waals surface area (Å²) in [6.07, 6.45) is 3.85. The van der Waals surface area contributed by atoms with Gasteiger partial charge in [-0.25, -0.2) is 4.98 Å². The zero-order valence-electron chi connectivity index (χ0n) is 11.1. The summed E-state index contributed by atoms with van der Waals surface area (Å²) < 4.78 is 5.38. The van der Waals surface area contributed by atoms with Crippen LogP contribution in [0.25, 0.3) is 0 Å². The number of nitro groups is 1. The van der Waals surface area contributed by atoms with E-state index in [-0.39, 0.29) is 22.7 Å². The van der Waals surface area contributed by atoms with Crippen LogP contribution in [0.15, 0.2) is 12.3 Å². The van der Waals surface area contributed by atoms with Crippen LogP contribution in [0.1, 0.15) is 29.6 Å². The SMILES string of the molecule is COC1(CNC(=O)c2cc([N+](=O)[O-])cnc2N)CCC1. The molecule has 1 saturated carbocycles. The van der Waals surface area contributed by atoms with Crippen molar-refractivity contribution in [3.8, 4) is 0 Å². The third kappa shape index (κ3) is 2.69. The van der Waals surface area contributed by atoms with Gasteiger partial charge in [0.1, 0.15) is 12.0 Å². The Morgan fingerprint density at radius 1 is 1.65 bits per heavy atom. The highest BCUT2D eigenvalue weighted by Crippen LogP contribution is 2.34. The normalized spacial score (nSPS) is 16.2. The molecular weight excluding hydrogens is 264 g/mol. The van der Waals surface area contributed by atoms with Crippen molar-refractivity contribution >= 4 is 17.4 Å². The highest BCUT2D eigenvalue weighted by molar-refractivity contribution is 5.98. The first kappa shape index (κ1) is 14.2. The maximum Gasteiger partial charge on any atom is 0.288 e. The van der Waals surface area contributed by atoms with E-state index in [1.54, 1.807) is 7.11 Å². The number of nitrogens with two attached hydrogens (primary N) is 1. The zero-order valence-corrected chi connectivity index (χ0v) is 11.1. The number of ether oxygens (including phenoxy) is 1. The number of nitrogens with one attached hydrogen (secondary N) is 1. The van der Waals surface area contributed by atoms with E-state index in [1.807, 2.05) is 0 Å². The summed E-state index contributed by atoms with van der Waals surface area (Å²) in [7, 11) is 1.61. The second-order valence-electron chi connectivity index (χ2n) is 4.81. The Bertz CT molecular complexity index is 537. The Labute approximate surface area is 115 Å². The molecule has 8 heteroatoms. The van der Waals surface area contributed by atoms with Crippen molar-refractivity contribution < 1.29 is 14.5 Å². The van der Waals surface area contributed by atoms with Crippen molar-refractivity contribution in [3.05, 3.63) is 27.9 Å². The maximum absolute atomic E-state index is 12.0. The summed E-state index contributed by atoms with van der Waals surface area (Å²) in [6, 6.07) is 1.12. The molecule has 0 atom stereocenters. The number of amides is 1. The van der Waals surface area contributed by atoms with Gasteiger partial charge in [0.2, 0.25) is 0 Å². The molecule has 0 radical (unpaired) electrons. The average molecular weight is 280 g/mol. The van der Waals surface area contributed by atoms with Gasteiger partial charge in [-0.3, -0.25) is 14.9 Å². The molecule has 1 aliphatic rings. The summed E-state index contributed by atoms with van der Waals surface area (Å²) in [5.41, 5.74) is 5.00. The minimum Gasteiger partial charge on any atom is -0.383 e. The molecule has 2 rings (SSSR count). The number of methoxy groups -OCH3 is 1. The Balaban J connectivity index is 2.09. The average Bonchev–Trinajstić information content (AvgIpc) is 2.38. The van der Waals surface area contributed by atoms with Crippen LogP contribution in [0.5, 0.6) is 0 Å². The van der Waals surface area contributed by atoms with Crippen LogP contribution < -0.4 is 11.1 Å². The van der Waals surface area contributed by atoms with Crippen molar-refractivity contribution in [2.75, 3.05) is 19.4 Å². The number of nitrogens with zero attached hydrogens (tertiary/aromatic N) is 2. The fraction of sp³-hybridized carbons (Fsp3) is 0.500. The first-order valence-corrected chi connectivity index (χ1v) is 6.21. The highest BCUT2D eigenvalue weighted by atomic mass is 16.6. The van der Waals surface area contributed by atoms with Gasteiger partial charge in [-0.15, -0.1) is 0 Å². The Kier molecular flexibility index (Phi) is 3.84. The third-order valence-corrected chi connectivity index (χ3v) is 3.63. The minimum absolute atomic E-state index is 0.00442. The molecule has 20 heavy (non-hydrogen) atoms. The fourth-order valence-corrected chi connectivity index (χ4v) is 2.11. The van der Waals surface area contributed by atoms with E-state index in [1.165, 1.54) is 0 Å². The lowest BCUT2D eigenvalue weighted by atomic mass is 9.80. The standard InChI is InChI=1S/C12H16N4O4/c1-20-12(3-2-4-12)7-15-11(17)9-5-8(16(18)19)6-14-10(9)13/h5-6H,2-4,7H2,1H3,(H2,13,14)(H,15,17). The number of nitrogen functional groups attached to an aromatic ring is 1. The zero-order chi connectivity index (χ0) is 14.8. The number of aromatic nitrogens is 1. The van der Waals surface area contributed by atoms with E-state index in [4.69, 9.17) is 10.5 Å². The lowest BCUT2D eigenvalue weighted by Crippen LogP contribution is -2.49. The van der Waals surface area contributed by atoms with Gasteiger partial charge in [0.15, 0.2) is 0 Å². The lowest BCUT2D eigenvalue weighted by molar-refractivity contribution is -0.385. The number of hydrogen-bond donors (Lipinski definition) is 2. The fourth-order valence-electron chi connectivity index (χ4n) is 2.11. The molecule has 0 spiro atoms. The summed E-state index contributed by atoms with van der Waals surface area (Å²) in [5, 5.41) is 13.4. The number of rotatable bonds is 5. The highest BCUT2D eigenvalue weighted by Gasteiger charge is 2.37. The maximum atomic E-state index is 12.0. The van der Waals surface area contributed by atoms with Gasteiger partial charge < -0.3 is 15.8 Å². The van der Waals surface area contributed by atoms with E-state index in [9.17, 15) is 14.9 Å². The van der Waals surface area contributed by atoms with Crippen LogP contribution in [0.4, 0.5) is 11.5 Å². The van der Waals surface area contributed by atoms with Gasteiger partial charge in [0, 0.05) is 19.7 Å². The second kappa shape index (κ2) is 5.41. The molecular formula is C12H16N4O4. The summed E-state index contributed by atoms with van der Waals surface area (Å²) in [5.74, 6) is -0.518. The number of pyridine rings is 1. The number of anilines is 1. The Morgan fingerprint density at radius 3 is 2.85 bits per heavy atom. The molecule has 1 heterocycles. The van der Waals surface area contributed by atoms with E-state index < -0.39 is 10.8 Å². The van der Waals surface area contributed by atoms with Crippen LogP contribution in [-0.2, 0) is 4.74 Å². The quantitative estimate of drug-likeness (QED) is 0.610. The van der Waals surface area contributed by atoms with E-state index in [2.05, 4.69) is 10.3 Å². The molecule has 1 fully saturated rings. The molecule has 1 aromatic rings. The molecule has 1 aromatic heterocycles. The summed E-state index contributed by atoms with van der Waals surface area (Å²) in [4.78, 5) is 25.8. The molecule has 3 N–H and O–H groups in total. The summed E-state index contributed by atoms with van der Waals surface area (Å²) >= 11 is 0. The number of carbonyl (C=O) groups is 1. The van der Waals surface area contributed by atoms with Crippen LogP contribution in [-0.4, -0.2) is 35.1 Å². The van der Waals surface area contributed by atoms with Gasteiger partial charge in [-0.2, -0.15) is 0 Å². The molecule has 8 nitrogen and oxygen atoms in total. The number of carbonyl (C=O) groups excluding carboxylic acids is 1. The lowest BCUT2D eigenvalue weighted by Gasteiger charge is -2.40.